The molecule has 0 atom stereocenters. The van der Waals surface area contributed by atoms with Gasteiger partial charge in [-0.15, -0.1) is 23.5 Å². The summed E-state index contributed by atoms with van der Waals surface area (Å²) in [6, 6.07) is 10.9. The molecule has 0 aliphatic carbocycles. The topological polar surface area (TPSA) is 68.5 Å². The van der Waals surface area contributed by atoms with E-state index in [0.29, 0.717) is 15.9 Å². The summed E-state index contributed by atoms with van der Waals surface area (Å²) >= 11 is 3.83. The van der Waals surface area contributed by atoms with Crippen LogP contribution in [-0.2, 0) is 16.1 Å². The highest BCUT2D eigenvalue weighted by molar-refractivity contribution is 8.19. The Labute approximate surface area is 148 Å². The predicted octanol–water partition coefficient (Wildman–Crippen LogP) is 3.23. The average Bonchev–Trinajstić information content (AvgIpc) is 3.31. The van der Waals surface area contributed by atoms with Crippen molar-refractivity contribution in [3.05, 3.63) is 59.5 Å². The summed E-state index contributed by atoms with van der Waals surface area (Å²) in [5.74, 6) is 2.10. The lowest BCUT2D eigenvalue weighted by molar-refractivity contribution is -0.124. The molecule has 1 saturated heterocycles. The molecule has 0 bridgehead atoms. The van der Waals surface area contributed by atoms with Crippen LogP contribution in [0.5, 0.6) is 0 Å². The molecule has 5 nitrogen and oxygen atoms in total. The molecule has 1 aliphatic heterocycles. The molecule has 1 amide bonds. The Morgan fingerprint density at radius 2 is 1.92 bits per heavy atom. The molecule has 24 heavy (non-hydrogen) atoms. The van der Waals surface area contributed by atoms with Crippen LogP contribution in [0.1, 0.15) is 26.3 Å². The van der Waals surface area contributed by atoms with Crippen LogP contribution >= 0.6 is 23.5 Å². The number of thioether (sulfide) groups is 2. The van der Waals surface area contributed by atoms with Crippen molar-refractivity contribution >= 4 is 35.4 Å². The van der Waals surface area contributed by atoms with E-state index in [1.54, 1.807) is 24.3 Å². The number of amides is 1. The van der Waals surface area contributed by atoms with Gasteiger partial charge < -0.3 is 14.5 Å². The van der Waals surface area contributed by atoms with E-state index in [0.717, 1.165) is 11.5 Å². The molecule has 3 rings (SSSR count). The minimum atomic E-state index is -0.499. The lowest BCUT2D eigenvalue weighted by Gasteiger charge is -2.09. The van der Waals surface area contributed by atoms with E-state index in [4.69, 9.17) is 9.15 Å². The van der Waals surface area contributed by atoms with Gasteiger partial charge in [-0.1, -0.05) is 12.1 Å². The van der Waals surface area contributed by atoms with Crippen LogP contribution in [0.3, 0.4) is 0 Å². The van der Waals surface area contributed by atoms with E-state index < -0.39 is 5.97 Å². The second kappa shape index (κ2) is 8.30. The molecule has 0 unspecified atom stereocenters. The van der Waals surface area contributed by atoms with Gasteiger partial charge in [0.05, 0.1) is 23.0 Å². The highest BCUT2D eigenvalue weighted by Crippen LogP contribution is 2.45. The zero-order chi connectivity index (χ0) is 16.8. The summed E-state index contributed by atoms with van der Waals surface area (Å²) in [5, 5.41) is 2.62. The van der Waals surface area contributed by atoms with E-state index in [2.05, 4.69) is 5.32 Å². The molecule has 1 aromatic heterocycles. The van der Waals surface area contributed by atoms with Gasteiger partial charge in [0.2, 0.25) is 0 Å². The van der Waals surface area contributed by atoms with Crippen LogP contribution in [-0.4, -0.2) is 30.0 Å². The first kappa shape index (κ1) is 17.0. The van der Waals surface area contributed by atoms with Gasteiger partial charge in [0, 0.05) is 11.5 Å². The number of nitrogens with one attached hydrogen (secondary N) is 1. The van der Waals surface area contributed by atoms with Crippen molar-refractivity contribution in [1.82, 2.24) is 5.32 Å². The molecule has 0 radical (unpaired) electrons. The maximum Gasteiger partial charge on any atom is 0.338 e. The lowest BCUT2D eigenvalue weighted by Crippen LogP contribution is -2.28. The number of furan rings is 1. The SMILES string of the molecule is O=C(COC(=O)c1ccc(C2SCCS2)cc1)NCc1ccco1. The van der Waals surface area contributed by atoms with Crippen molar-refractivity contribution in [3.63, 3.8) is 0 Å². The fourth-order valence-electron chi connectivity index (χ4n) is 2.19. The monoisotopic (exact) mass is 363 g/mol. The number of carbonyl (C=O) groups excluding carboxylic acids is 2. The molecular formula is C17H17NO4S2. The number of benzene rings is 1. The van der Waals surface area contributed by atoms with Crippen molar-refractivity contribution in [2.45, 2.75) is 11.1 Å². The van der Waals surface area contributed by atoms with Gasteiger partial charge in [0.15, 0.2) is 6.61 Å². The number of esters is 1. The first-order valence-electron chi connectivity index (χ1n) is 7.52. The van der Waals surface area contributed by atoms with Gasteiger partial charge >= 0.3 is 5.97 Å². The zero-order valence-electron chi connectivity index (χ0n) is 12.9. The largest absolute Gasteiger partial charge is 0.467 e. The Balaban J connectivity index is 1.45. The molecule has 1 aromatic carbocycles. The summed E-state index contributed by atoms with van der Waals surface area (Å²) in [4.78, 5) is 23.7. The second-order valence-corrected chi connectivity index (χ2v) is 7.85. The number of ether oxygens (including phenoxy) is 1. The van der Waals surface area contributed by atoms with Gasteiger partial charge in [-0.3, -0.25) is 4.79 Å². The van der Waals surface area contributed by atoms with Crippen LogP contribution in [0, 0.1) is 0 Å². The van der Waals surface area contributed by atoms with E-state index >= 15 is 0 Å². The highest BCUT2D eigenvalue weighted by atomic mass is 32.2. The number of rotatable bonds is 6. The average molecular weight is 363 g/mol. The van der Waals surface area contributed by atoms with Crippen LogP contribution in [0.2, 0.25) is 0 Å². The molecule has 7 heteroatoms. The number of hydrogen-bond acceptors (Lipinski definition) is 6. The van der Waals surface area contributed by atoms with E-state index in [-0.39, 0.29) is 19.1 Å². The lowest BCUT2D eigenvalue weighted by atomic mass is 10.1. The van der Waals surface area contributed by atoms with Crippen molar-refractivity contribution in [2.24, 2.45) is 0 Å². The number of hydrogen-bond donors (Lipinski definition) is 1. The molecule has 1 aliphatic rings. The van der Waals surface area contributed by atoms with Gasteiger partial charge in [-0.2, -0.15) is 0 Å². The van der Waals surface area contributed by atoms with E-state index in [1.807, 2.05) is 35.7 Å². The molecule has 2 aromatic rings. The van der Waals surface area contributed by atoms with E-state index in [9.17, 15) is 9.59 Å². The Hall–Kier alpha value is -1.86. The van der Waals surface area contributed by atoms with Gasteiger partial charge in [-0.25, -0.2) is 4.79 Å². The Morgan fingerprint density at radius 3 is 2.58 bits per heavy atom. The zero-order valence-corrected chi connectivity index (χ0v) is 14.5. The minimum Gasteiger partial charge on any atom is -0.467 e. The van der Waals surface area contributed by atoms with Gasteiger partial charge in [0.25, 0.3) is 5.91 Å². The third-order valence-electron chi connectivity index (χ3n) is 3.41. The first-order valence-corrected chi connectivity index (χ1v) is 9.61. The maximum absolute atomic E-state index is 12.0. The van der Waals surface area contributed by atoms with Crippen molar-refractivity contribution in [1.29, 1.82) is 0 Å². The smallest absolute Gasteiger partial charge is 0.338 e. The third kappa shape index (κ3) is 4.58. The van der Waals surface area contributed by atoms with Crippen LogP contribution < -0.4 is 5.32 Å². The number of carbonyl (C=O) groups is 2. The van der Waals surface area contributed by atoms with Gasteiger partial charge in [0.1, 0.15) is 5.76 Å². The molecule has 126 valence electrons. The van der Waals surface area contributed by atoms with Crippen molar-refractivity contribution in [2.75, 3.05) is 18.1 Å². The van der Waals surface area contributed by atoms with Crippen molar-refractivity contribution < 1.29 is 18.7 Å². The van der Waals surface area contributed by atoms with Crippen LogP contribution in [0.4, 0.5) is 0 Å². The first-order chi connectivity index (χ1) is 11.7. The molecule has 2 heterocycles. The standard InChI is InChI=1S/C17H17NO4S2/c19-15(18-10-14-2-1-7-21-14)11-22-16(20)12-3-5-13(6-4-12)17-23-8-9-24-17/h1-7,17H,8-11H2,(H,18,19). The van der Waals surface area contributed by atoms with Crippen molar-refractivity contribution in [3.8, 4) is 0 Å². The van der Waals surface area contributed by atoms with Crippen LogP contribution in [0.15, 0.2) is 47.1 Å². The summed E-state index contributed by atoms with van der Waals surface area (Å²) in [7, 11) is 0. The summed E-state index contributed by atoms with van der Waals surface area (Å²) in [6.07, 6.45) is 1.54. The quantitative estimate of drug-likeness (QED) is 0.795. The Kier molecular flexibility index (Phi) is 5.87. The third-order valence-corrected chi connectivity index (χ3v) is 6.52. The minimum absolute atomic E-state index is 0.273. The Morgan fingerprint density at radius 1 is 1.17 bits per heavy atom. The highest BCUT2D eigenvalue weighted by Gasteiger charge is 2.18. The second-order valence-electron chi connectivity index (χ2n) is 5.13. The Bertz CT molecular complexity index is 679. The summed E-state index contributed by atoms with van der Waals surface area (Å²) < 4.78 is 10.6. The fourth-order valence-corrected chi connectivity index (χ4v) is 5.05. The fraction of sp³-hybridized carbons (Fsp3) is 0.294. The molecule has 1 N–H and O–H groups in total. The maximum atomic E-state index is 12.0. The molecule has 1 fully saturated rings. The predicted molar refractivity (Wildman–Crippen MR) is 94.9 cm³/mol. The molecule has 0 spiro atoms. The van der Waals surface area contributed by atoms with Crippen LogP contribution in [0.25, 0.3) is 0 Å². The normalized spacial score (nSPS) is 14.5. The van der Waals surface area contributed by atoms with Gasteiger partial charge in [-0.05, 0) is 29.8 Å². The molecular weight excluding hydrogens is 346 g/mol. The molecule has 0 saturated carbocycles. The van der Waals surface area contributed by atoms with E-state index in [1.165, 1.54) is 11.8 Å². The summed E-state index contributed by atoms with van der Waals surface area (Å²) in [5.41, 5.74) is 1.65. The summed E-state index contributed by atoms with van der Waals surface area (Å²) in [6.45, 7) is -0.0373.